The minimum absolute atomic E-state index is 0.0175. The third-order valence-electron chi connectivity index (χ3n) is 7.24. The van der Waals surface area contributed by atoms with Crippen molar-refractivity contribution in [3.05, 3.63) is 83.0 Å². The van der Waals surface area contributed by atoms with E-state index in [1.165, 1.54) is 10.9 Å². The van der Waals surface area contributed by atoms with Gasteiger partial charge in [0.15, 0.2) is 5.69 Å². The van der Waals surface area contributed by atoms with E-state index in [1.807, 2.05) is 24.5 Å². The number of fused-ring (bicyclic) bond motifs is 1. The summed E-state index contributed by atoms with van der Waals surface area (Å²) in [7, 11) is 1.55. The average molecular weight is 539 g/mol. The quantitative estimate of drug-likeness (QED) is 0.319. The minimum Gasteiger partial charge on any atom is -0.495 e. The number of benzene rings is 1. The first-order chi connectivity index (χ1) is 18.6. The predicted molar refractivity (Wildman–Crippen MR) is 138 cm³/mol. The number of hydrogen-bond acceptors (Lipinski definition) is 5. The summed E-state index contributed by atoms with van der Waals surface area (Å²) in [6, 6.07) is 5.06. The van der Waals surface area contributed by atoms with Crippen LogP contribution in [0.25, 0.3) is 11.1 Å². The highest BCUT2D eigenvalue weighted by Gasteiger charge is 2.39. The van der Waals surface area contributed by atoms with Crippen LogP contribution in [0, 0.1) is 6.92 Å². The fourth-order valence-corrected chi connectivity index (χ4v) is 5.09. The van der Waals surface area contributed by atoms with E-state index >= 15 is 0 Å². The van der Waals surface area contributed by atoms with E-state index in [0.29, 0.717) is 47.5 Å². The summed E-state index contributed by atoms with van der Waals surface area (Å²) in [6.45, 7) is 6.49. The molecule has 1 aliphatic rings. The molecule has 0 radical (unpaired) electrons. The fraction of sp³-hybridized carbons (Fsp3) is 0.357. The SMILES string of the molecule is CCn1cc(-c2cc(Cn3ccnc3C)cc3c2CCN([C@@H](C)c2cncc(OC)c2)C3=O)c(C(F)(F)F)n1. The Morgan fingerprint density at radius 2 is 1.90 bits per heavy atom. The van der Waals surface area contributed by atoms with Gasteiger partial charge in [-0.05, 0) is 67.6 Å². The minimum atomic E-state index is -4.64. The van der Waals surface area contributed by atoms with Crippen molar-refractivity contribution in [2.75, 3.05) is 13.7 Å². The monoisotopic (exact) mass is 538 g/mol. The molecule has 8 nitrogen and oxygen atoms in total. The second-order valence-corrected chi connectivity index (χ2v) is 9.60. The lowest BCUT2D eigenvalue weighted by molar-refractivity contribution is -0.141. The Bertz CT molecular complexity index is 1520. The number of amides is 1. The van der Waals surface area contributed by atoms with Crippen LogP contribution in [0.5, 0.6) is 5.75 Å². The molecule has 4 heterocycles. The standard InChI is InChI=1S/C28H29F3N6O2/c1-5-36-16-25(26(34-36)28(29,30)31)23-10-19(15-35-9-7-33-18(35)3)11-24-22(23)6-8-37(27(24)38)17(2)20-12-21(39-4)14-32-13-20/h7,9-14,16-17H,5-6,8,15H2,1-4H3/t17-/m0/s1. The van der Waals surface area contributed by atoms with E-state index in [4.69, 9.17) is 4.74 Å². The number of nitrogens with zero attached hydrogens (tertiary/aromatic N) is 6. The number of halogens is 3. The molecule has 0 saturated carbocycles. The number of imidazole rings is 1. The van der Waals surface area contributed by atoms with Crippen molar-refractivity contribution in [2.24, 2.45) is 0 Å². The van der Waals surface area contributed by atoms with Crippen LogP contribution < -0.4 is 4.74 Å². The second kappa shape index (κ2) is 10.2. The molecule has 1 aromatic carbocycles. The van der Waals surface area contributed by atoms with Crippen molar-refractivity contribution in [1.29, 1.82) is 0 Å². The van der Waals surface area contributed by atoms with Crippen LogP contribution in [-0.4, -0.2) is 48.8 Å². The van der Waals surface area contributed by atoms with E-state index in [9.17, 15) is 18.0 Å². The molecule has 1 aliphatic heterocycles. The van der Waals surface area contributed by atoms with Crippen molar-refractivity contribution in [1.82, 2.24) is 29.2 Å². The summed E-state index contributed by atoms with van der Waals surface area (Å²) >= 11 is 0. The topological polar surface area (TPSA) is 78.1 Å². The highest BCUT2D eigenvalue weighted by atomic mass is 19.4. The Balaban J connectivity index is 1.63. The first-order valence-corrected chi connectivity index (χ1v) is 12.7. The van der Waals surface area contributed by atoms with Crippen LogP contribution in [0.2, 0.25) is 0 Å². The molecule has 4 aromatic rings. The number of carbonyl (C=O) groups excluding carboxylic acids is 1. The van der Waals surface area contributed by atoms with Gasteiger partial charge in [0.2, 0.25) is 0 Å². The molecule has 5 rings (SSSR count). The number of carbonyl (C=O) groups is 1. The summed E-state index contributed by atoms with van der Waals surface area (Å²) in [5.41, 5.74) is 1.92. The third kappa shape index (κ3) is 5.00. The lowest BCUT2D eigenvalue weighted by Gasteiger charge is -2.35. The molecular weight excluding hydrogens is 509 g/mol. The highest BCUT2D eigenvalue weighted by Crippen LogP contribution is 2.41. The van der Waals surface area contributed by atoms with Gasteiger partial charge in [-0.3, -0.25) is 14.5 Å². The number of aryl methyl sites for hydroxylation is 2. The molecule has 0 spiro atoms. The van der Waals surface area contributed by atoms with E-state index in [1.54, 1.807) is 55.9 Å². The maximum absolute atomic E-state index is 14.1. The summed E-state index contributed by atoms with van der Waals surface area (Å²) in [6.07, 6.45) is 3.93. The van der Waals surface area contributed by atoms with Gasteiger partial charge in [-0.2, -0.15) is 18.3 Å². The Morgan fingerprint density at radius 1 is 1.13 bits per heavy atom. The van der Waals surface area contributed by atoms with Crippen LogP contribution in [-0.2, 0) is 25.7 Å². The molecule has 0 saturated heterocycles. The van der Waals surface area contributed by atoms with Gasteiger partial charge in [-0.1, -0.05) is 0 Å². The maximum atomic E-state index is 14.1. The first-order valence-electron chi connectivity index (χ1n) is 12.7. The Kier molecular flexibility index (Phi) is 6.92. The summed E-state index contributed by atoms with van der Waals surface area (Å²) in [5, 5.41) is 3.83. The molecule has 0 unspecified atom stereocenters. The van der Waals surface area contributed by atoms with E-state index < -0.39 is 11.9 Å². The highest BCUT2D eigenvalue weighted by molar-refractivity contribution is 5.99. The molecule has 11 heteroatoms. The first kappa shape index (κ1) is 26.5. The average Bonchev–Trinajstić information content (AvgIpc) is 3.54. The smallest absolute Gasteiger partial charge is 0.435 e. The molecule has 39 heavy (non-hydrogen) atoms. The number of alkyl halides is 3. The number of pyridine rings is 1. The van der Waals surface area contributed by atoms with Crippen molar-refractivity contribution in [3.8, 4) is 16.9 Å². The Hall–Kier alpha value is -4.15. The lowest BCUT2D eigenvalue weighted by Crippen LogP contribution is -2.39. The van der Waals surface area contributed by atoms with Gasteiger partial charge in [0.1, 0.15) is 11.6 Å². The second-order valence-electron chi connectivity index (χ2n) is 9.60. The van der Waals surface area contributed by atoms with Gasteiger partial charge in [-0.15, -0.1) is 0 Å². The molecule has 0 aliphatic carbocycles. The number of methoxy groups -OCH3 is 1. The van der Waals surface area contributed by atoms with Crippen LogP contribution in [0.15, 0.2) is 49.2 Å². The molecule has 0 fully saturated rings. The van der Waals surface area contributed by atoms with E-state index in [2.05, 4.69) is 15.1 Å². The third-order valence-corrected chi connectivity index (χ3v) is 7.24. The number of rotatable bonds is 7. The summed E-state index contributed by atoms with van der Waals surface area (Å²) in [4.78, 5) is 24.1. The zero-order chi connectivity index (χ0) is 27.9. The molecular formula is C28H29F3N6O2. The van der Waals surface area contributed by atoms with Gasteiger partial charge in [0, 0.05) is 55.5 Å². The largest absolute Gasteiger partial charge is 0.495 e. The molecule has 3 aromatic heterocycles. The van der Waals surface area contributed by atoms with Gasteiger partial charge < -0.3 is 14.2 Å². The normalized spacial score (nSPS) is 14.4. The van der Waals surface area contributed by atoms with Gasteiger partial charge in [-0.25, -0.2) is 4.98 Å². The molecule has 1 atom stereocenters. The van der Waals surface area contributed by atoms with Crippen molar-refractivity contribution in [3.63, 3.8) is 0 Å². The van der Waals surface area contributed by atoms with Gasteiger partial charge in [0.25, 0.3) is 5.91 Å². The van der Waals surface area contributed by atoms with E-state index in [0.717, 1.165) is 11.4 Å². The van der Waals surface area contributed by atoms with Gasteiger partial charge in [0.05, 0.1) is 19.3 Å². The number of ether oxygens (including phenoxy) is 1. The zero-order valence-electron chi connectivity index (χ0n) is 22.2. The molecule has 1 amide bonds. The maximum Gasteiger partial charge on any atom is 0.435 e. The van der Waals surface area contributed by atoms with Crippen molar-refractivity contribution >= 4 is 5.91 Å². The zero-order valence-corrected chi connectivity index (χ0v) is 22.2. The van der Waals surface area contributed by atoms with Crippen molar-refractivity contribution < 1.29 is 22.7 Å². The molecule has 0 bridgehead atoms. The lowest BCUT2D eigenvalue weighted by atomic mass is 9.87. The van der Waals surface area contributed by atoms with Crippen LogP contribution >= 0.6 is 0 Å². The van der Waals surface area contributed by atoms with Crippen LogP contribution in [0.3, 0.4) is 0 Å². The number of hydrogen-bond donors (Lipinski definition) is 0. The predicted octanol–water partition coefficient (Wildman–Crippen LogP) is 5.31. The fourth-order valence-electron chi connectivity index (χ4n) is 5.09. The Labute approximate surface area is 224 Å². The summed E-state index contributed by atoms with van der Waals surface area (Å²) in [5.74, 6) is 1.10. The number of aromatic nitrogens is 5. The van der Waals surface area contributed by atoms with E-state index in [-0.39, 0.29) is 24.1 Å². The molecule has 0 N–H and O–H groups in total. The van der Waals surface area contributed by atoms with Gasteiger partial charge >= 0.3 is 6.18 Å². The van der Waals surface area contributed by atoms with Crippen molar-refractivity contribution in [2.45, 2.75) is 52.5 Å². The summed E-state index contributed by atoms with van der Waals surface area (Å²) < 4.78 is 50.7. The van der Waals surface area contributed by atoms with Crippen LogP contribution in [0.1, 0.15) is 58.5 Å². The van der Waals surface area contributed by atoms with Crippen LogP contribution in [0.4, 0.5) is 13.2 Å². The Morgan fingerprint density at radius 3 is 2.56 bits per heavy atom. The molecule has 204 valence electrons.